The van der Waals surface area contributed by atoms with Crippen LogP contribution in [0.25, 0.3) is 0 Å². The predicted octanol–water partition coefficient (Wildman–Crippen LogP) is 4.34. The molecule has 0 unspecified atom stereocenters. The highest BCUT2D eigenvalue weighted by Gasteiger charge is 2.39. The molecule has 7 heteroatoms. The Balaban J connectivity index is 0.00000280. The largest absolute Gasteiger partial charge is 0.466 e. The van der Waals surface area contributed by atoms with Gasteiger partial charge in [0, 0.05) is 36.6 Å². The van der Waals surface area contributed by atoms with Crippen molar-refractivity contribution in [1.29, 1.82) is 0 Å². The molecule has 1 saturated heterocycles. The number of rotatable bonds is 5. The van der Waals surface area contributed by atoms with Crippen molar-refractivity contribution in [2.24, 2.45) is 10.9 Å². The fraction of sp³-hybridized carbons (Fsp3) is 0.619. The second-order valence-electron chi connectivity index (χ2n) is 7.55. The maximum Gasteiger partial charge on any atom is 0.309 e. The number of carbonyl (C=O) groups excluding carboxylic acids is 1. The lowest BCUT2D eigenvalue weighted by Gasteiger charge is -2.44. The molecular formula is C21H31BrIN3O2. The van der Waals surface area contributed by atoms with Gasteiger partial charge in [0.2, 0.25) is 0 Å². The third-order valence-corrected chi connectivity index (χ3v) is 6.51. The normalized spacial score (nSPS) is 19.4. The van der Waals surface area contributed by atoms with Crippen LogP contribution < -0.4 is 5.32 Å². The molecule has 1 aliphatic carbocycles. The molecule has 5 nitrogen and oxygen atoms in total. The quantitative estimate of drug-likeness (QED) is 0.251. The minimum atomic E-state index is -0.0521. The zero-order chi connectivity index (χ0) is 19.3. The number of guanidine groups is 1. The predicted molar refractivity (Wildman–Crippen MR) is 127 cm³/mol. The molecule has 1 heterocycles. The smallest absolute Gasteiger partial charge is 0.309 e. The first kappa shape index (κ1) is 23.4. The number of piperidine rings is 1. The summed E-state index contributed by atoms with van der Waals surface area (Å²) >= 11 is 3.53. The van der Waals surface area contributed by atoms with Gasteiger partial charge in [0.1, 0.15) is 0 Å². The zero-order valence-corrected chi connectivity index (χ0v) is 20.7. The Hall–Kier alpha value is -0.830. The maximum atomic E-state index is 11.9. The lowest BCUT2D eigenvalue weighted by atomic mass is 9.64. The number of aliphatic imine (C=N–C) groups is 1. The van der Waals surface area contributed by atoms with Crippen LogP contribution in [0.1, 0.15) is 44.6 Å². The van der Waals surface area contributed by atoms with E-state index < -0.39 is 0 Å². The van der Waals surface area contributed by atoms with Crippen LogP contribution >= 0.6 is 39.9 Å². The number of hydrogen-bond donors (Lipinski definition) is 1. The summed E-state index contributed by atoms with van der Waals surface area (Å²) < 4.78 is 6.29. The van der Waals surface area contributed by atoms with E-state index in [0.717, 1.165) is 42.9 Å². The van der Waals surface area contributed by atoms with Crippen molar-refractivity contribution in [1.82, 2.24) is 10.2 Å². The van der Waals surface area contributed by atoms with E-state index in [-0.39, 0.29) is 41.3 Å². The number of halogens is 2. The van der Waals surface area contributed by atoms with E-state index in [1.807, 2.05) is 14.0 Å². The van der Waals surface area contributed by atoms with E-state index in [4.69, 9.17) is 4.74 Å². The van der Waals surface area contributed by atoms with E-state index in [1.54, 1.807) is 0 Å². The average Bonchev–Trinajstić information content (AvgIpc) is 2.65. The number of benzene rings is 1. The van der Waals surface area contributed by atoms with Gasteiger partial charge in [-0.2, -0.15) is 0 Å². The first-order valence-electron chi connectivity index (χ1n) is 9.96. The third kappa shape index (κ3) is 5.40. The Morgan fingerprint density at radius 3 is 2.43 bits per heavy atom. The highest BCUT2D eigenvalue weighted by Crippen LogP contribution is 2.43. The molecule has 1 aromatic carbocycles. The summed E-state index contributed by atoms with van der Waals surface area (Å²) in [4.78, 5) is 18.7. The number of nitrogens with zero attached hydrogens (tertiary/aromatic N) is 2. The molecule has 1 aromatic rings. The Bertz CT molecular complexity index is 669. The Kier molecular flexibility index (Phi) is 9.05. The molecule has 1 saturated carbocycles. The maximum absolute atomic E-state index is 11.9. The summed E-state index contributed by atoms with van der Waals surface area (Å²) in [7, 11) is 1.84. The Morgan fingerprint density at radius 2 is 1.93 bits per heavy atom. The first-order chi connectivity index (χ1) is 13.1. The molecule has 156 valence electrons. The molecule has 2 aliphatic rings. The summed E-state index contributed by atoms with van der Waals surface area (Å²) in [6.07, 6.45) is 5.36. The van der Waals surface area contributed by atoms with E-state index in [9.17, 15) is 4.79 Å². The standard InChI is InChI=1S/C21H30BrN3O2.HI/c1-3-27-19(26)16-9-13-25(14-10-16)20(23-2)24-15-21(11-4-12-21)17-5-7-18(22)8-6-17;/h5-8,16H,3-4,9-15H2,1-2H3,(H,23,24);1H. The molecule has 0 amide bonds. The number of nitrogens with one attached hydrogen (secondary N) is 1. The van der Waals surface area contributed by atoms with E-state index in [2.05, 4.69) is 55.4 Å². The van der Waals surface area contributed by atoms with Crippen LogP contribution in [0.2, 0.25) is 0 Å². The minimum absolute atomic E-state index is 0. The van der Waals surface area contributed by atoms with Crippen LogP contribution in [0.15, 0.2) is 33.7 Å². The third-order valence-electron chi connectivity index (χ3n) is 5.98. The molecule has 3 rings (SSSR count). The summed E-state index contributed by atoms with van der Waals surface area (Å²) in [5.74, 6) is 0.921. The molecule has 0 atom stereocenters. The van der Waals surface area contributed by atoms with Crippen molar-refractivity contribution >= 4 is 51.8 Å². The lowest BCUT2D eigenvalue weighted by Crippen LogP contribution is -2.52. The summed E-state index contributed by atoms with van der Waals surface area (Å²) in [6.45, 7) is 4.91. The molecule has 28 heavy (non-hydrogen) atoms. The van der Waals surface area contributed by atoms with Gasteiger partial charge in [-0.3, -0.25) is 9.79 Å². The highest BCUT2D eigenvalue weighted by molar-refractivity contribution is 14.0. The van der Waals surface area contributed by atoms with Gasteiger partial charge in [-0.25, -0.2) is 0 Å². The van der Waals surface area contributed by atoms with Gasteiger partial charge in [0.25, 0.3) is 0 Å². The summed E-state index contributed by atoms with van der Waals surface area (Å²) in [5, 5.41) is 3.61. The van der Waals surface area contributed by atoms with Crippen molar-refractivity contribution in [2.75, 3.05) is 33.3 Å². The molecule has 0 spiro atoms. The SMILES string of the molecule is CCOC(=O)C1CCN(C(=NC)NCC2(c3ccc(Br)cc3)CCC2)CC1.I. The van der Waals surface area contributed by atoms with Crippen LogP contribution in [-0.2, 0) is 14.9 Å². The van der Waals surface area contributed by atoms with Crippen molar-refractivity contribution in [3.05, 3.63) is 34.3 Å². The van der Waals surface area contributed by atoms with Crippen molar-refractivity contribution < 1.29 is 9.53 Å². The van der Waals surface area contributed by atoms with Gasteiger partial charge in [0.05, 0.1) is 12.5 Å². The Labute approximate surface area is 193 Å². The number of likely N-dealkylation sites (tertiary alicyclic amines) is 1. The van der Waals surface area contributed by atoms with Crippen molar-refractivity contribution in [3.63, 3.8) is 0 Å². The zero-order valence-electron chi connectivity index (χ0n) is 16.7. The van der Waals surface area contributed by atoms with Crippen LogP contribution in [-0.4, -0.2) is 50.1 Å². The van der Waals surface area contributed by atoms with Crippen molar-refractivity contribution in [3.8, 4) is 0 Å². The topological polar surface area (TPSA) is 53.9 Å². The van der Waals surface area contributed by atoms with E-state index >= 15 is 0 Å². The molecule has 1 aliphatic heterocycles. The van der Waals surface area contributed by atoms with E-state index in [0.29, 0.717) is 6.61 Å². The van der Waals surface area contributed by atoms with Crippen molar-refractivity contribution in [2.45, 2.75) is 44.4 Å². The number of ether oxygens (including phenoxy) is 1. The van der Waals surface area contributed by atoms with Gasteiger partial charge >= 0.3 is 5.97 Å². The minimum Gasteiger partial charge on any atom is -0.466 e. The molecule has 1 N–H and O–H groups in total. The molecular weight excluding hydrogens is 533 g/mol. The van der Waals surface area contributed by atoms with Gasteiger partial charge < -0.3 is 15.0 Å². The number of carbonyl (C=O) groups is 1. The summed E-state index contributed by atoms with van der Waals surface area (Å²) in [6, 6.07) is 8.73. The number of esters is 1. The highest BCUT2D eigenvalue weighted by atomic mass is 127. The molecule has 2 fully saturated rings. The van der Waals surface area contributed by atoms with E-state index in [1.165, 1.54) is 24.8 Å². The monoisotopic (exact) mass is 563 g/mol. The van der Waals surface area contributed by atoms with Crippen LogP contribution in [0.4, 0.5) is 0 Å². The number of hydrogen-bond acceptors (Lipinski definition) is 3. The van der Waals surface area contributed by atoms with Gasteiger partial charge in [-0.1, -0.05) is 34.5 Å². The second-order valence-corrected chi connectivity index (χ2v) is 8.47. The van der Waals surface area contributed by atoms with Crippen LogP contribution in [0.5, 0.6) is 0 Å². The molecule has 0 radical (unpaired) electrons. The van der Waals surface area contributed by atoms with Gasteiger partial charge in [-0.05, 0) is 50.3 Å². The Morgan fingerprint density at radius 1 is 1.29 bits per heavy atom. The fourth-order valence-corrected chi connectivity index (χ4v) is 4.41. The second kappa shape index (κ2) is 10.8. The van der Waals surface area contributed by atoms with Crippen LogP contribution in [0.3, 0.4) is 0 Å². The average molecular weight is 564 g/mol. The van der Waals surface area contributed by atoms with Gasteiger partial charge in [0.15, 0.2) is 5.96 Å². The van der Waals surface area contributed by atoms with Crippen LogP contribution in [0, 0.1) is 5.92 Å². The first-order valence-corrected chi connectivity index (χ1v) is 10.8. The lowest BCUT2D eigenvalue weighted by molar-refractivity contribution is -0.149. The fourth-order valence-electron chi connectivity index (χ4n) is 4.14. The van der Waals surface area contributed by atoms with Gasteiger partial charge in [-0.15, -0.1) is 24.0 Å². The molecule has 0 bridgehead atoms. The summed E-state index contributed by atoms with van der Waals surface area (Å²) in [5.41, 5.74) is 1.61. The molecule has 0 aromatic heterocycles.